The summed E-state index contributed by atoms with van der Waals surface area (Å²) < 4.78 is 5.71. The Labute approximate surface area is 145 Å². The molecule has 0 spiro atoms. The van der Waals surface area contributed by atoms with E-state index in [4.69, 9.17) is 27.9 Å². The van der Waals surface area contributed by atoms with Crippen LogP contribution < -0.4 is 0 Å². The number of hydrogen-bond acceptors (Lipinski definition) is 3. The van der Waals surface area contributed by atoms with Crippen molar-refractivity contribution in [1.82, 2.24) is 4.90 Å². The highest BCUT2D eigenvalue weighted by Crippen LogP contribution is 2.28. The van der Waals surface area contributed by atoms with Crippen molar-refractivity contribution in [3.05, 3.63) is 33.3 Å². The molecule has 0 aromatic heterocycles. The summed E-state index contributed by atoms with van der Waals surface area (Å²) in [5, 5.41) is 9.58. The third-order valence-corrected chi connectivity index (χ3v) is 4.47. The van der Waals surface area contributed by atoms with Crippen LogP contribution in [0.1, 0.15) is 46.9 Å². The van der Waals surface area contributed by atoms with E-state index < -0.39 is 5.97 Å². The van der Waals surface area contributed by atoms with Crippen LogP contribution in [0.15, 0.2) is 12.1 Å². The van der Waals surface area contributed by atoms with Gasteiger partial charge in [-0.3, -0.25) is 4.79 Å². The quantitative estimate of drug-likeness (QED) is 0.869. The number of likely N-dealkylation sites (tertiary alicyclic amines) is 1. The number of benzene rings is 1. The van der Waals surface area contributed by atoms with E-state index in [1.807, 2.05) is 6.92 Å². The molecule has 1 saturated heterocycles. The molecule has 5 nitrogen and oxygen atoms in total. The minimum Gasteiger partial charge on any atom is -0.478 e. The third kappa shape index (κ3) is 4.37. The van der Waals surface area contributed by atoms with Crippen LogP contribution >= 0.6 is 23.2 Å². The largest absolute Gasteiger partial charge is 0.478 e. The number of carboxylic acid groups (broad SMARTS) is 1. The predicted molar refractivity (Wildman–Crippen MR) is 88.6 cm³/mol. The Bertz CT molecular complexity index is 606. The van der Waals surface area contributed by atoms with Crippen molar-refractivity contribution >= 4 is 35.1 Å². The highest BCUT2D eigenvalue weighted by Gasteiger charge is 2.28. The van der Waals surface area contributed by atoms with E-state index in [0.29, 0.717) is 19.7 Å². The number of ether oxygens (including phenoxy) is 1. The monoisotopic (exact) mass is 359 g/mol. The summed E-state index contributed by atoms with van der Waals surface area (Å²) in [5.41, 5.74) is -0.0796. The fourth-order valence-electron chi connectivity index (χ4n) is 2.61. The topological polar surface area (TPSA) is 66.8 Å². The summed E-state index contributed by atoms with van der Waals surface area (Å²) in [6, 6.07) is 2.54. The lowest BCUT2D eigenvalue weighted by atomic mass is 10.0. The van der Waals surface area contributed by atoms with Crippen LogP contribution in [0, 0.1) is 0 Å². The van der Waals surface area contributed by atoms with Gasteiger partial charge in [-0.1, -0.05) is 30.1 Å². The molecular formula is C16H19Cl2NO4. The average molecular weight is 360 g/mol. The molecule has 0 saturated carbocycles. The molecule has 1 aromatic rings. The Kier molecular flexibility index (Phi) is 6.27. The molecule has 2 rings (SSSR count). The zero-order chi connectivity index (χ0) is 17.0. The SMILES string of the molecule is CCCO[C@H]1CCCN(C(=O)c2cc(Cl)c(Cl)cc2C(=O)O)C1. The zero-order valence-electron chi connectivity index (χ0n) is 12.8. The van der Waals surface area contributed by atoms with Gasteiger partial charge in [0, 0.05) is 19.7 Å². The van der Waals surface area contributed by atoms with Crippen molar-refractivity contribution < 1.29 is 19.4 Å². The molecular weight excluding hydrogens is 341 g/mol. The molecule has 1 amide bonds. The van der Waals surface area contributed by atoms with Gasteiger partial charge in [0.05, 0.1) is 27.3 Å². The van der Waals surface area contributed by atoms with E-state index >= 15 is 0 Å². The van der Waals surface area contributed by atoms with Crippen LogP contribution in [0.3, 0.4) is 0 Å². The molecule has 7 heteroatoms. The maximum atomic E-state index is 12.7. The second-order valence-electron chi connectivity index (χ2n) is 5.50. The second kappa shape index (κ2) is 7.99. The molecule has 0 aliphatic carbocycles. The number of carboxylic acids is 1. The maximum Gasteiger partial charge on any atom is 0.336 e. The number of piperidine rings is 1. The van der Waals surface area contributed by atoms with Gasteiger partial charge in [0.15, 0.2) is 0 Å². The minimum atomic E-state index is -1.21. The Morgan fingerprint density at radius 3 is 2.57 bits per heavy atom. The van der Waals surface area contributed by atoms with Gasteiger partial charge in [0.1, 0.15) is 0 Å². The number of aromatic carboxylic acids is 1. The number of hydrogen-bond donors (Lipinski definition) is 1. The van der Waals surface area contributed by atoms with E-state index in [1.54, 1.807) is 4.90 Å². The van der Waals surface area contributed by atoms with Gasteiger partial charge in [0.2, 0.25) is 0 Å². The van der Waals surface area contributed by atoms with Gasteiger partial charge in [-0.05, 0) is 31.4 Å². The van der Waals surface area contributed by atoms with Gasteiger partial charge < -0.3 is 14.7 Å². The van der Waals surface area contributed by atoms with Gasteiger partial charge in [-0.15, -0.1) is 0 Å². The number of carbonyl (C=O) groups excluding carboxylic acids is 1. The smallest absolute Gasteiger partial charge is 0.336 e. The first-order chi connectivity index (χ1) is 10.9. The summed E-state index contributed by atoms with van der Waals surface area (Å²) in [7, 11) is 0. The minimum absolute atomic E-state index is 0.0105. The first-order valence-corrected chi connectivity index (χ1v) is 8.32. The Morgan fingerprint density at radius 1 is 1.30 bits per heavy atom. The average Bonchev–Trinajstić information content (AvgIpc) is 2.54. The Hall–Kier alpha value is -1.30. The molecule has 1 N–H and O–H groups in total. The highest BCUT2D eigenvalue weighted by molar-refractivity contribution is 6.42. The lowest BCUT2D eigenvalue weighted by molar-refractivity contribution is 0.00205. The van der Waals surface area contributed by atoms with Crippen LogP contribution in [0.25, 0.3) is 0 Å². The molecule has 0 radical (unpaired) electrons. The van der Waals surface area contributed by atoms with Gasteiger partial charge in [-0.2, -0.15) is 0 Å². The van der Waals surface area contributed by atoms with E-state index in [-0.39, 0.29) is 33.2 Å². The standard InChI is InChI=1S/C16H19Cl2NO4/c1-2-6-23-10-4-3-5-19(9-10)15(20)11-7-13(17)14(18)8-12(11)16(21)22/h7-8,10H,2-6,9H2,1H3,(H,21,22)/t10-/m0/s1. The van der Waals surface area contributed by atoms with Crippen molar-refractivity contribution in [3.8, 4) is 0 Å². The second-order valence-corrected chi connectivity index (χ2v) is 6.32. The normalized spacial score (nSPS) is 18.0. The van der Waals surface area contributed by atoms with Gasteiger partial charge >= 0.3 is 5.97 Å². The lowest BCUT2D eigenvalue weighted by Crippen LogP contribution is -2.43. The lowest BCUT2D eigenvalue weighted by Gasteiger charge is -2.33. The van der Waals surface area contributed by atoms with Crippen molar-refractivity contribution in [3.63, 3.8) is 0 Å². The molecule has 0 bridgehead atoms. The summed E-state index contributed by atoms with van der Waals surface area (Å²) in [6.45, 7) is 3.71. The van der Waals surface area contributed by atoms with Crippen LogP contribution in [0.4, 0.5) is 0 Å². The molecule has 1 aromatic carbocycles. The maximum absolute atomic E-state index is 12.7. The van der Waals surface area contributed by atoms with E-state index in [2.05, 4.69) is 0 Å². The molecule has 23 heavy (non-hydrogen) atoms. The molecule has 0 unspecified atom stereocenters. The molecule has 1 aliphatic heterocycles. The van der Waals surface area contributed by atoms with Crippen molar-refractivity contribution in [2.24, 2.45) is 0 Å². The van der Waals surface area contributed by atoms with Crippen molar-refractivity contribution in [2.45, 2.75) is 32.3 Å². The summed E-state index contributed by atoms with van der Waals surface area (Å²) in [4.78, 5) is 25.7. The van der Waals surface area contributed by atoms with Gasteiger partial charge in [0.25, 0.3) is 5.91 Å². The number of carbonyl (C=O) groups is 2. The first-order valence-electron chi connectivity index (χ1n) is 7.57. The number of halogens is 2. The number of rotatable bonds is 5. The van der Waals surface area contributed by atoms with Crippen LogP contribution in [-0.2, 0) is 4.74 Å². The zero-order valence-corrected chi connectivity index (χ0v) is 14.4. The summed E-state index contributed by atoms with van der Waals surface area (Å²) >= 11 is 11.8. The molecule has 1 aliphatic rings. The van der Waals surface area contributed by atoms with E-state index in [1.165, 1.54) is 12.1 Å². The van der Waals surface area contributed by atoms with Crippen LogP contribution in [0.2, 0.25) is 10.0 Å². The van der Waals surface area contributed by atoms with E-state index in [9.17, 15) is 14.7 Å². The number of nitrogens with zero attached hydrogens (tertiary/aromatic N) is 1. The Morgan fingerprint density at radius 2 is 1.96 bits per heavy atom. The molecule has 1 heterocycles. The van der Waals surface area contributed by atoms with E-state index in [0.717, 1.165) is 19.3 Å². The fourth-order valence-corrected chi connectivity index (χ4v) is 2.94. The number of amides is 1. The molecule has 1 fully saturated rings. The van der Waals surface area contributed by atoms with Crippen molar-refractivity contribution in [2.75, 3.05) is 19.7 Å². The van der Waals surface area contributed by atoms with Gasteiger partial charge in [-0.25, -0.2) is 4.79 Å². The molecule has 1 atom stereocenters. The highest BCUT2D eigenvalue weighted by atomic mass is 35.5. The molecule has 126 valence electrons. The van der Waals surface area contributed by atoms with Crippen LogP contribution in [0.5, 0.6) is 0 Å². The first kappa shape index (κ1) is 18.0. The summed E-state index contributed by atoms with van der Waals surface area (Å²) in [6.07, 6.45) is 2.63. The van der Waals surface area contributed by atoms with Crippen molar-refractivity contribution in [1.29, 1.82) is 0 Å². The Balaban J connectivity index is 2.22. The fraction of sp³-hybridized carbons (Fsp3) is 0.500. The predicted octanol–water partition coefficient (Wildman–Crippen LogP) is 3.72. The third-order valence-electron chi connectivity index (χ3n) is 3.74. The van der Waals surface area contributed by atoms with Crippen LogP contribution in [-0.4, -0.2) is 47.7 Å². The summed E-state index contributed by atoms with van der Waals surface area (Å²) in [5.74, 6) is -1.56.